The molecule has 1 aromatic carbocycles. The highest BCUT2D eigenvalue weighted by atomic mass is 19.1. The van der Waals surface area contributed by atoms with Crippen LogP contribution < -0.4 is 0 Å². The zero-order valence-electron chi connectivity index (χ0n) is 15.9. The Labute approximate surface area is 169 Å². The maximum absolute atomic E-state index is 14.3. The number of benzene rings is 1. The normalized spacial score (nSPS) is 11.4. The lowest BCUT2D eigenvalue weighted by molar-refractivity contribution is 0.377. The van der Waals surface area contributed by atoms with E-state index in [2.05, 4.69) is 25.3 Å². The van der Waals surface area contributed by atoms with Crippen LogP contribution in [0.15, 0.2) is 53.4 Å². The van der Waals surface area contributed by atoms with Crippen molar-refractivity contribution >= 4 is 5.65 Å². The van der Waals surface area contributed by atoms with E-state index in [0.29, 0.717) is 40.7 Å². The fraction of sp³-hybridized carbons (Fsp3) is 0.143. The minimum atomic E-state index is -0.667. The number of fused-ring (bicyclic) bond motifs is 1. The number of aromatic amines is 1. The number of aromatic nitrogens is 6. The average molecular weight is 406 g/mol. The molecule has 1 N–H and O–H groups in total. The quantitative estimate of drug-likeness (QED) is 0.458. The maximum atomic E-state index is 14.3. The molecule has 0 amide bonds. The van der Waals surface area contributed by atoms with E-state index in [4.69, 9.17) is 4.52 Å². The second-order valence-electron chi connectivity index (χ2n) is 6.83. The number of halogens is 2. The van der Waals surface area contributed by atoms with Gasteiger partial charge in [0, 0.05) is 35.4 Å². The molecule has 5 rings (SSSR count). The zero-order chi connectivity index (χ0) is 20.7. The summed E-state index contributed by atoms with van der Waals surface area (Å²) >= 11 is 0. The fourth-order valence-corrected chi connectivity index (χ4v) is 3.38. The molecule has 0 atom stereocenters. The smallest absolute Gasteiger partial charge is 0.226 e. The Bertz CT molecular complexity index is 1350. The number of pyridine rings is 1. The Hall–Kier alpha value is -3.88. The van der Waals surface area contributed by atoms with Crippen LogP contribution in [0.3, 0.4) is 0 Å². The summed E-state index contributed by atoms with van der Waals surface area (Å²) in [5.41, 5.74) is 3.51. The maximum Gasteiger partial charge on any atom is 0.226 e. The largest absolute Gasteiger partial charge is 0.339 e. The van der Waals surface area contributed by atoms with Crippen molar-refractivity contribution in [2.24, 2.45) is 0 Å². The summed E-state index contributed by atoms with van der Waals surface area (Å²) in [6.45, 7) is 2.04. The highest BCUT2D eigenvalue weighted by Gasteiger charge is 2.17. The van der Waals surface area contributed by atoms with E-state index in [-0.39, 0.29) is 5.56 Å². The van der Waals surface area contributed by atoms with Gasteiger partial charge in [0.05, 0.1) is 18.1 Å². The Kier molecular flexibility index (Phi) is 4.35. The summed E-state index contributed by atoms with van der Waals surface area (Å²) in [6.07, 6.45) is 6.74. The first-order chi connectivity index (χ1) is 14.6. The number of rotatable bonds is 5. The van der Waals surface area contributed by atoms with Gasteiger partial charge < -0.3 is 4.52 Å². The Balaban J connectivity index is 1.60. The molecule has 7 nitrogen and oxygen atoms in total. The minimum absolute atomic E-state index is 0.234. The molecule has 0 spiro atoms. The van der Waals surface area contributed by atoms with E-state index >= 15 is 0 Å². The highest BCUT2D eigenvalue weighted by molar-refractivity contribution is 5.81. The summed E-state index contributed by atoms with van der Waals surface area (Å²) in [5.74, 6) is -0.285. The van der Waals surface area contributed by atoms with Crippen LogP contribution in [-0.4, -0.2) is 29.7 Å². The lowest BCUT2D eigenvalue weighted by Crippen LogP contribution is -1.93. The molecule has 30 heavy (non-hydrogen) atoms. The summed E-state index contributed by atoms with van der Waals surface area (Å²) in [7, 11) is 0. The van der Waals surface area contributed by atoms with E-state index in [9.17, 15) is 8.78 Å². The van der Waals surface area contributed by atoms with Gasteiger partial charge in [-0.05, 0) is 30.7 Å². The van der Waals surface area contributed by atoms with Gasteiger partial charge in [-0.2, -0.15) is 10.1 Å². The van der Waals surface area contributed by atoms with Gasteiger partial charge in [0.25, 0.3) is 0 Å². The van der Waals surface area contributed by atoms with Crippen molar-refractivity contribution in [2.45, 2.75) is 19.8 Å². The average Bonchev–Trinajstić information content (AvgIpc) is 3.47. The first-order valence-corrected chi connectivity index (χ1v) is 9.43. The molecule has 0 aliphatic carbocycles. The molecule has 0 saturated carbocycles. The van der Waals surface area contributed by atoms with Crippen molar-refractivity contribution in [1.29, 1.82) is 0 Å². The van der Waals surface area contributed by atoms with E-state index in [1.165, 1.54) is 12.1 Å². The third kappa shape index (κ3) is 3.04. The second kappa shape index (κ2) is 7.18. The number of aryl methyl sites for hydroxylation is 1. The highest BCUT2D eigenvalue weighted by Crippen LogP contribution is 2.32. The fourth-order valence-electron chi connectivity index (χ4n) is 3.38. The number of imidazole rings is 1. The van der Waals surface area contributed by atoms with Crippen LogP contribution in [0.1, 0.15) is 19.2 Å². The Morgan fingerprint density at radius 3 is 2.83 bits per heavy atom. The summed E-state index contributed by atoms with van der Waals surface area (Å²) < 4.78 is 34.8. The van der Waals surface area contributed by atoms with Crippen molar-refractivity contribution in [3.8, 4) is 33.9 Å². The van der Waals surface area contributed by atoms with Crippen LogP contribution in [0, 0.1) is 11.6 Å². The zero-order valence-corrected chi connectivity index (χ0v) is 15.9. The van der Waals surface area contributed by atoms with Gasteiger partial charge in [-0.25, -0.2) is 13.8 Å². The molecular formula is C21H16F2N6O. The number of nitrogens with zero attached hydrogens (tertiary/aromatic N) is 5. The molecule has 9 heteroatoms. The number of hydrogen-bond acceptors (Lipinski definition) is 5. The Morgan fingerprint density at radius 1 is 1.10 bits per heavy atom. The monoisotopic (exact) mass is 406 g/mol. The van der Waals surface area contributed by atoms with Crippen LogP contribution >= 0.6 is 0 Å². The van der Waals surface area contributed by atoms with Crippen molar-refractivity contribution in [1.82, 2.24) is 29.7 Å². The second-order valence-corrected chi connectivity index (χ2v) is 6.83. The van der Waals surface area contributed by atoms with Crippen LogP contribution in [0.2, 0.25) is 0 Å². The molecule has 0 aliphatic heterocycles. The molecule has 4 heterocycles. The van der Waals surface area contributed by atoms with Crippen molar-refractivity contribution in [3.05, 3.63) is 66.4 Å². The summed E-state index contributed by atoms with van der Waals surface area (Å²) in [5, 5.41) is 10.9. The summed E-state index contributed by atoms with van der Waals surface area (Å²) in [6, 6.07) is 7.15. The van der Waals surface area contributed by atoms with E-state index in [1.54, 1.807) is 12.4 Å². The van der Waals surface area contributed by atoms with E-state index in [0.717, 1.165) is 18.1 Å². The van der Waals surface area contributed by atoms with Crippen molar-refractivity contribution in [2.75, 3.05) is 0 Å². The molecule has 0 bridgehead atoms. The lowest BCUT2D eigenvalue weighted by Gasteiger charge is -2.07. The Morgan fingerprint density at radius 2 is 2.00 bits per heavy atom. The molecule has 0 fully saturated rings. The van der Waals surface area contributed by atoms with Gasteiger partial charge in [-0.15, -0.1) is 0 Å². The first-order valence-electron chi connectivity index (χ1n) is 9.43. The number of H-pyrrole nitrogens is 1. The molecule has 5 aromatic rings. The van der Waals surface area contributed by atoms with E-state index in [1.807, 2.05) is 29.7 Å². The molecule has 0 aliphatic rings. The van der Waals surface area contributed by atoms with Gasteiger partial charge in [-0.1, -0.05) is 12.1 Å². The predicted molar refractivity (Wildman–Crippen MR) is 105 cm³/mol. The molecule has 4 aromatic heterocycles. The summed E-state index contributed by atoms with van der Waals surface area (Å²) in [4.78, 5) is 8.82. The minimum Gasteiger partial charge on any atom is -0.339 e. The lowest BCUT2D eigenvalue weighted by atomic mass is 10.0. The molecule has 0 saturated heterocycles. The van der Waals surface area contributed by atoms with Crippen LogP contribution in [0.25, 0.3) is 39.5 Å². The number of nitrogens with one attached hydrogen (secondary N) is 1. The van der Waals surface area contributed by atoms with Gasteiger partial charge in [0.1, 0.15) is 23.0 Å². The van der Waals surface area contributed by atoms with Gasteiger partial charge in [-0.3, -0.25) is 9.50 Å². The molecule has 150 valence electrons. The van der Waals surface area contributed by atoms with Gasteiger partial charge >= 0.3 is 0 Å². The third-order valence-corrected chi connectivity index (χ3v) is 4.82. The molecular weight excluding hydrogens is 390 g/mol. The van der Waals surface area contributed by atoms with Crippen molar-refractivity contribution in [3.63, 3.8) is 0 Å². The van der Waals surface area contributed by atoms with Crippen LogP contribution in [0.4, 0.5) is 8.78 Å². The van der Waals surface area contributed by atoms with Crippen molar-refractivity contribution < 1.29 is 13.3 Å². The van der Waals surface area contributed by atoms with Crippen LogP contribution in [0.5, 0.6) is 0 Å². The predicted octanol–water partition coefficient (Wildman–Crippen LogP) is 4.67. The van der Waals surface area contributed by atoms with Gasteiger partial charge in [0.15, 0.2) is 0 Å². The van der Waals surface area contributed by atoms with Gasteiger partial charge in [0.2, 0.25) is 11.7 Å². The molecule has 0 radical (unpaired) electrons. The third-order valence-electron chi connectivity index (χ3n) is 4.82. The topological polar surface area (TPSA) is 84.9 Å². The SMILES string of the molecule is CCCc1nc(-c2cnc3ccc(-c4cn[nH]c4-c4ccc(F)cc4F)cn23)no1. The number of hydrogen-bond donors (Lipinski definition) is 1. The van der Waals surface area contributed by atoms with Crippen LogP contribution in [-0.2, 0) is 6.42 Å². The molecule has 0 unspecified atom stereocenters. The first kappa shape index (κ1) is 18.2. The van der Waals surface area contributed by atoms with E-state index < -0.39 is 11.6 Å². The standard InChI is InChI=1S/C21H16F2N6O/c1-2-3-19-26-21(28-30-19)17-10-24-18-7-4-12(11-29(17)18)15-9-25-27-20(15)14-6-5-13(22)8-16(14)23/h4-11H,2-3H2,1H3,(H,25,27).